The molecule has 146 valence electrons. The third-order valence-electron chi connectivity index (χ3n) is 4.68. The second kappa shape index (κ2) is 8.67. The van der Waals surface area contributed by atoms with Gasteiger partial charge in [-0.2, -0.15) is 0 Å². The molecule has 0 spiro atoms. The van der Waals surface area contributed by atoms with E-state index >= 15 is 0 Å². The number of nitrogens with one attached hydrogen (secondary N) is 2. The zero-order valence-corrected chi connectivity index (χ0v) is 16.2. The molecule has 0 aliphatic heterocycles. The Morgan fingerprint density at radius 1 is 1.00 bits per heavy atom. The van der Waals surface area contributed by atoms with E-state index in [9.17, 15) is 9.59 Å². The maximum absolute atomic E-state index is 12.0. The molecule has 2 aromatic carbocycles. The third kappa shape index (κ3) is 4.20. The first kappa shape index (κ1) is 19.6. The van der Waals surface area contributed by atoms with Crippen LogP contribution in [0.5, 0.6) is 5.75 Å². The minimum Gasteiger partial charge on any atom is -0.497 e. The van der Waals surface area contributed by atoms with Crippen molar-refractivity contribution < 1.29 is 4.74 Å². The number of aromatic nitrogens is 1. The van der Waals surface area contributed by atoms with Crippen LogP contribution >= 0.6 is 0 Å². The van der Waals surface area contributed by atoms with Crippen molar-refractivity contribution in [1.82, 2.24) is 9.88 Å². The highest BCUT2D eigenvalue weighted by atomic mass is 16.5. The minimum absolute atomic E-state index is 0.0268. The normalized spacial score (nSPS) is 12.1. The van der Waals surface area contributed by atoms with Gasteiger partial charge in [0.05, 0.1) is 25.4 Å². The van der Waals surface area contributed by atoms with Crippen LogP contribution in [0.15, 0.2) is 58.3 Å². The average molecular weight is 380 g/mol. The maximum atomic E-state index is 12.0. The van der Waals surface area contributed by atoms with Gasteiger partial charge in [-0.1, -0.05) is 18.2 Å². The summed E-state index contributed by atoms with van der Waals surface area (Å²) in [6.45, 7) is 0.873. The topological polar surface area (TPSA) is 83.6 Å². The van der Waals surface area contributed by atoms with Gasteiger partial charge >= 0.3 is 0 Å². The van der Waals surface area contributed by atoms with Crippen LogP contribution in [0.4, 0.5) is 11.4 Å². The molecule has 1 heterocycles. The molecule has 28 heavy (non-hydrogen) atoms. The third-order valence-corrected chi connectivity index (χ3v) is 4.68. The predicted octanol–water partition coefficient (Wildman–Crippen LogP) is 2.01. The number of pyridine rings is 1. The average Bonchev–Trinajstić information content (AvgIpc) is 2.73. The van der Waals surface area contributed by atoms with Crippen LogP contribution < -0.4 is 26.2 Å². The summed E-state index contributed by atoms with van der Waals surface area (Å²) < 4.78 is 5.21. The van der Waals surface area contributed by atoms with E-state index in [0.29, 0.717) is 24.5 Å². The van der Waals surface area contributed by atoms with Gasteiger partial charge in [-0.15, -0.1) is 0 Å². The van der Waals surface area contributed by atoms with Crippen molar-refractivity contribution in [1.29, 1.82) is 0 Å². The fourth-order valence-corrected chi connectivity index (χ4v) is 3.03. The summed E-state index contributed by atoms with van der Waals surface area (Å²) in [6.07, 6.45) is 1.69. The van der Waals surface area contributed by atoms with Crippen molar-refractivity contribution in [3.63, 3.8) is 0 Å². The fourth-order valence-electron chi connectivity index (χ4n) is 3.03. The Hall–Kier alpha value is -3.19. The van der Waals surface area contributed by atoms with Crippen LogP contribution in [0, 0.1) is 0 Å². The molecule has 0 aliphatic carbocycles. The number of benzene rings is 1. The van der Waals surface area contributed by atoms with E-state index < -0.39 is 10.9 Å². The van der Waals surface area contributed by atoms with E-state index in [1.807, 2.05) is 56.6 Å². The van der Waals surface area contributed by atoms with E-state index in [1.54, 1.807) is 13.3 Å². The molecule has 0 amide bonds. The van der Waals surface area contributed by atoms with Gasteiger partial charge in [0.15, 0.2) is 0 Å². The van der Waals surface area contributed by atoms with Crippen molar-refractivity contribution in [2.24, 2.45) is 0 Å². The quantitative estimate of drug-likeness (QED) is 0.550. The molecule has 1 atom stereocenters. The molecule has 0 unspecified atom stereocenters. The highest BCUT2D eigenvalue weighted by Crippen LogP contribution is 2.23. The lowest BCUT2D eigenvalue weighted by molar-refractivity contribution is 0.311. The highest BCUT2D eigenvalue weighted by Gasteiger charge is 2.22. The van der Waals surface area contributed by atoms with Crippen LogP contribution in [-0.2, 0) is 6.54 Å². The first-order chi connectivity index (χ1) is 13.5. The molecule has 0 fully saturated rings. The highest BCUT2D eigenvalue weighted by molar-refractivity contribution is 5.74. The molecule has 3 aromatic rings. The van der Waals surface area contributed by atoms with Gasteiger partial charge in [0, 0.05) is 12.7 Å². The van der Waals surface area contributed by atoms with E-state index in [-0.39, 0.29) is 6.04 Å². The minimum atomic E-state index is -0.496. The number of ether oxygens (including phenoxy) is 1. The van der Waals surface area contributed by atoms with Crippen molar-refractivity contribution in [2.45, 2.75) is 12.6 Å². The number of hydrogen-bond donors (Lipinski definition) is 2. The van der Waals surface area contributed by atoms with Gasteiger partial charge in [0.1, 0.15) is 17.1 Å². The Balaban J connectivity index is 1.69. The van der Waals surface area contributed by atoms with Gasteiger partial charge in [-0.05, 0) is 43.9 Å². The van der Waals surface area contributed by atoms with Crippen molar-refractivity contribution in [3.05, 3.63) is 80.4 Å². The summed E-state index contributed by atoms with van der Waals surface area (Å²) in [5.41, 5.74) is 1.55. The van der Waals surface area contributed by atoms with Gasteiger partial charge in [0.25, 0.3) is 10.9 Å². The summed E-state index contributed by atoms with van der Waals surface area (Å²) in [4.78, 5) is 30.3. The summed E-state index contributed by atoms with van der Waals surface area (Å²) in [5.74, 6) is 0.790. The molecule has 0 saturated heterocycles. The Morgan fingerprint density at radius 3 is 2.25 bits per heavy atom. The molecule has 7 nitrogen and oxygen atoms in total. The van der Waals surface area contributed by atoms with E-state index in [0.717, 1.165) is 17.0 Å². The lowest BCUT2D eigenvalue weighted by Gasteiger charge is -2.26. The predicted molar refractivity (Wildman–Crippen MR) is 111 cm³/mol. The standard InChI is InChI=1S/C21H24N4O3/c1-25(2)17(14-7-9-16(28-3)10-8-14)13-24-19-18(20(26)21(19)27)23-12-15-6-4-5-11-22-15/h4-11,17,23-24H,12-13H2,1-3H3/t17-/m1/s1. The molecule has 0 saturated carbocycles. The molecule has 0 aliphatic rings. The van der Waals surface area contributed by atoms with E-state index in [1.165, 1.54) is 0 Å². The Labute approximate surface area is 163 Å². The van der Waals surface area contributed by atoms with Crippen molar-refractivity contribution >= 4 is 11.4 Å². The zero-order chi connectivity index (χ0) is 20.1. The Kier molecular flexibility index (Phi) is 6.06. The smallest absolute Gasteiger partial charge is 0.253 e. The van der Waals surface area contributed by atoms with Gasteiger partial charge in [0.2, 0.25) is 0 Å². The number of nitrogens with zero attached hydrogens (tertiary/aromatic N) is 2. The summed E-state index contributed by atoms with van der Waals surface area (Å²) in [7, 11) is 5.57. The summed E-state index contributed by atoms with van der Waals surface area (Å²) in [6, 6.07) is 13.4. The molecule has 0 bridgehead atoms. The number of methoxy groups -OCH3 is 1. The molecule has 3 rings (SSSR count). The van der Waals surface area contributed by atoms with Crippen LogP contribution in [0.1, 0.15) is 17.3 Å². The molecule has 0 radical (unpaired) electrons. The van der Waals surface area contributed by atoms with E-state index in [2.05, 4.69) is 20.5 Å². The van der Waals surface area contributed by atoms with Crippen LogP contribution in [0.25, 0.3) is 0 Å². The monoisotopic (exact) mass is 380 g/mol. The zero-order valence-electron chi connectivity index (χ0n) is 16.2. The second-order valence-corrected chi connectivity index (χ2v) is 6.72. The Morgan fingerprint density at radius 2 is 1.68 bits per heavy atom. The lowest BCUT2D eigenvalue weighted by atomic mass is 10.0. The lowest BCUT2D eigenvalue weighted by Crippen LogP contribution is -2.39. The molecule has 7 heteroatoms. The van der Waals surface area contributed by atoms with Crippen LogP contribution in [0.3, 0.4) is 0 Å². The van der Waals surface area contributed by atoms with Crippen molar-refractivity contribution in [2.75, 3.05) is 38.4 Å². The van der Waals surface area contributed by atoms with Gasteiger partial charge in [-0.25, -0.2) is 0 Å². The summed E-state index contributed by atoms with van der Waals surface area (Å²) >= 11 is 0. The largest absolute Gasteiger partial charge is 0.497 e. The van der Waals surface area contributed by atoms with Crippen molar-refractivity contribution in [3.8, 4) is 5.75 Å². The van der Waals surface area contributed by atoms with Crippen LogP contribution in [0.2, 0.25) is 0 Å². The molecular weight excluding hydrogens is 356 g/mol. The molecule has 2 N–H and O–H groups in total. The number of anilines is 2. The first-order valence-electron chi connectivity index (χ1n) is 9.02. The number of likely N-dealkylation sites (N-methyl/N-ethyl adjacent to an activating group) is 1. The van der Waals surface area contributed by atoms with Gasteiger partial charge < -0.3 is 20.3 Å². The van der Waals surface area contributed by atoms with Gasteiger partial charge in [-0.3, -0.25) is 14.6 Å². The first-order valence-corrected chi connectivity index (χ1v) is 9.02. The Bertz CT molecular complexity index is 977. The number of hydrogen-bond acceptors (Lipinski definition) is 7. The summed E-state index contributed by atoms with van der Waals surface area (Å²) in [5, 5.41) is 6.18. The molecule has 1 aromatic heterocycles. The second-order valence-electron chi connectivity index (χ2n) is 6.72. The molecular formula is C21H24N4O3. The van der Waals surface area contributed by atoms with Crippen LogP contribution in [-0.4, -0.2) is 37.6 Å². The number of rotatable bonds is 9. The van der Waals surface area contributed by atoms with E-state index in [4.69, 9.17) is 4.74 Å². The fraction of sp³-hybridized carbons (Fsp3) is 0.286. The SMILES string of the molecule is COc1ccc([C@@H](CNc2c(NCc3ccccn3)c(=O)c2=O)N(C)C)cc1. The maximum Gasteiger partial charge on any atom is 0.253 e.